The third-order valence-electron chi connectivity index (χ3n) is 5.14. The van der Waals surface area contributed by atoms with Crippen LogP contribution in [0.15, 0.2) is 12.7 Å². The van der Waals surface area contributed by atoms with E-state index in [-0.39, 0.29) is 0 Å². The van der Waals surface area contributed by atoms with Gasteiger partial charge < -0.3 is 5.11 Å². The van der Waals surface area contributed by atoms with E-state index in [0.29, 0.717) is 12.0 Å². The molecule has 1 nitrogen and oxygen atoms in total. The van der Waals surface area contributed by atoms with Crippen LogP contribution < -0.4 is 0 Å². The summed E-state index contributed by atoms with van der Waals surface area (Å²) in [5.41, 5.74) is 0.296. The highest BCUT2D eigenvalue weighted by Gasteiger charge is 2.40. The van der Waals surface area contributed by atoms with Crippen molar-refractivity contribution in [3.63, 3.8) is 0 Å². The van der Waals surface area contributed by atoms with E-state index in [1.807, 2.05) is 0 Å². The van der Waals surface area contributed by atoms with Crippen molar-refractivity contribution in [1.29, 1.82) is 0 Å². The van der Waals surface area contributed by atoms with Gasteiger partial charge in [-0.1, -0.05) is 25.3 Å². The summed E-state index contributed by atoms with van der Waals surface area (Å²) in [7, 11) is 0. The van der Waals surface area contributed by atoms with Crippen LogP contribution in [0.1, 0.15) is 57.8 Å². The van der Waals surface area contributed by atoms with Crippen molar-refractivity contribution in [2.75, 3.05) is 6.61 Å². The number of rotatable bonds is 3. The molecule has 0 aromatic rings. The molecule has 0 aromatic heterocycles. The smallest absolute Gasteiger partial charge is 0.0490 e. The van der Waals surface area contributed by atoms with E-state index >= 15 is 0 Å². The third-order valence-corrected chi connectivity index (χ3v) is 5.14. The first-order valence-corrected chi connectivity index (χ1v) is 7.04. The molecular formula is C15H26O. The molecule has 0 aromatic carbocycles. The number of hydrogen-bond donors (Lipinski definition) is 1. The van der Waals surface area contributed by atoms with Gasteiger partial charge in [0.2, 0.25) is 0 Å². The summed E-state index contributed by atoms with van der Waals surface area (Å²) in [6.07, 6.45) is 14.0. The lowest BCUT2D eigenvalue weighted by molar-refractivity contribution is 0.00239. The molecule has 0 saturated heterocycles. The largest absolute Gasteiger partial charge is 0.396 e. The first-order valence-electron chi connectivity index (χ1n) is 7.04. The zero-order valence-corrected chi connectivity index (χ0v) is 10.5. The minimum atomic E-state index is 0.296. The van der Waals surface area contributed by atoms with Crippen molar-refractivity contribution in [2.45, 2.75) is 57.8 Å². The van der Waals surface area contributed by atoms with Crippen LogP contribution in [0, 0.1) is 17.3 Å². The van der Waals surface area contributed by atoms with Gasteiger partial charge in [-0.15, -0.1) is 6.58 Å². The summed E-state index contributed by atoms with van der Waals surface area (Å²) in [5, 5.41) is 9.80. The van der Waals surface area contributed by atoms with Crippen LogP contribution in [-0.2, 0) is 0 Å². The van der Waals surface area contributed by atoms with Gasteiger partial charge in [0, 0.05) is 6.61 Å². The second kappa shape index (κ2) is 5.35. The summed E-state index contributed by atoms with van der Waals surface area (Å²) in [5.74, 6) is 1.53. The van der Waals surface area contributed by atoms with Crippen molar-refractivity contribution in [2.24, 2.45) is 17.3 Å². The topological polar surface area (TPSA) is 20.2 Å². The van der Waals surface area contributed by atoms with Crippen molar-refractivity contribution < 1.29 is 5.11 Å². The Bertz CT molecular complexity index is 220. The van der Waals surface area contributed by atoms with E-state index in [1.165, 1.54) is 57.8 Å². The molecule has 1 heteroatoms. The zero-order valence-electron chi connectivity index (χ0n) is 10.5. The van der Waals surface area contributed by atoms with Gasteiger partial charge in [0.15, 0.2) is 0 Å². The molecule has 0 spiro atoms. The first-order chi connectivity index (χ1) is 7.80. The van der Waals surface area contributed by atoms with Crippen LogP contribution in [-0.4, -0.2) is 11.7 Å². The summed E-state index contributed by atoms with van der Waals surface area (Å²) < 4.78 is 0. The lowest BCUT2D eigenvalue weighted by atomic mass is 9.61. The van der Waals surface area contributed by atoms with E-state index in [0.717, 1.165) is 11.8 Å². The molecule has 0 atom stereocenters. The second-order valence-corrected chi connectivity index (χ2v) is 5.93. The molecule has 0 unspecified atom stereocenters. The minimum Gasteiger partial charge on any atom is -0.396 e. The standard InChI is InChI=1S/C15H26O/c1-2-13-6-8-14(9-7-13)15(12-16)10-4-3-5-11-15/h2,13-14,16H,1,3-12H2/t13-,14-. The minimum absolute atomic E-state index is 0.296. The van der Waals surface area contributed by atoms with Crippen LogP contribution in [0.4, 0.5) is 0 Å². The molecule has 2 fully saturated rings. The van der Waals surface area contributed by atoms with Crippen LogP contribution >= 0.6 is 0 Å². The third kappa shape index (κ3) is 2.34. The lowest BCUT2D eigenvalue weighted by Gasteiger charge is -2.45. The number of hydrogen-bond acceptors (Lipinski definition) is 1. The Morgan fingerprint density at radius 2 is 1.69 bits per heavy atom. The molecule has 0 heterocycles. The fraction of sp³-hybridized carbons (Fsp3) is 0.867. The predicted molar refractivity (Wildman–Crippen MR) is 68.2 cm³/mol. The van der Waals surface area contributed by atoms with Gasteiger partial charge in [-0.25, -0.2) is 0 Å². The Labute approximate surface area is 99.9 Å². The molecule has 2 aliphatic rings. The van der Waals surface area contributed by atoms with E-state index in [4.69, 9.17) is 0 Å². The van der Waals surface area contributed by atoms with Crippen LogP contribution in [0.2, 0.25) is 0 Å². The van der Waals surface area contributed by atoms with E-state index in [2.05, 4.69) is 12.7 Å². The van der Waals surface area contributed by atoms with Crippen molar-refractivity contribution in [1.82, 2.24) is 0 Å². The number of aliphatic hydroxyl groups excluding tert-OH is 1. The molecule has 0 amide bonds. The molecule has 0 radical (unpaired) electrons. The molecule has 92 valence electrons. The second-order valence-electron chi connectivity index (χ2n) is 5.93. The van der Waals surface area contributed by atoms with Gasteiger partial charge in [-0.2, -0.15) is 0 Å². The molecular weight excluding hydrogens is 196 g/mol. The van der Waals surface area contributed by atoms with Crippen LogP contribution in [0.5, 0.6) is 0 Å². The maximum atomic E-state index is 9.80. The highest BCUT2D eigenvalue weighted by atomic mass is 16.3. The van der Waals surface area contributed by atoms with Crippen molar-refractivity contribution in [3.05, 3.63) is 12.7 Å². The number of aliphatic hydroxyl groups is 1. The Morgan fingerprint density at radius 3 is 2.19 bits per heavy atom. The highest BCUT2D eigenvalue weighted by Crippen LogP contribution is 2.48. The predicted octanol–water partition coefficient (Wildman–Crippen LogP) is 3.92. The van der Waals surface area contributed by atoms with E-state index in [1.54, 1.807) is 0 Å². The van der Waals surface area contributed by atoms with E-state index < -0.39 is 0 Å². The molecule has 2 rings (SSSR count). The van der Waals surface area contributed by atoms with Crippen LogP contribution in [0.3, 0.4) is 0 Å². The van der Waals surface area contributed by atoms with Gasteiger partial charge in [0.1, 0.15) is 0 Å². The monoisotopic (exact) mass is 222 g/mol. The molecule has 0 aliphatic heterocycles. The molecule has 0 bridgehead atoms. The zero-order chi connectivity index (χ0) is 11.4. The van der Waals surface area contributed by atoms with Gasteiger partial charge in [0.25, 0.3) is 0 Å². The Kier molecular flexibility index (Phi) is 4.07. The number of allylic oxidation sites excluding steroid dienone is 1. The van der Waals surface area contributed by atoms with Gasteiger partial charge in [0.05, 0.1) is 0 Å². The molecule has 2 saturated carbocycles. The quantitative estimate of drug-likeness (QED) is 0.718. The van der Waals surface area contributed by atoms with Gasteiger partial charge in [-0.3, -0.25) is 0 Å². The Morgan fingerprint density at radius 1 is 1.06 bits per heavy atom. The molecule has 16 heavy (non-hydrogen) atoms. The van der Waals surface area contributed by atoms with E-state index in [9.17, 15) is 5.11 Å². The molecule has 2 aliphatic carbocycles. The summed E-state index contributed by atoms with van der Waals surface area (Å²) >= 11 is 0. The summed E-state index contributed by atoms with van der Waals surface area (Å²) in [6.45, 7) is 4.34. The fourth-order valence-corrected chi connectivity index (χ4v) is 3.92. The summed E-state index contributed by atoms with van der Waals surface area (Å²) in [4.78, 5) is 0. The average Bonchev–Trinajstić information content (AvgIpc) is 2.39. The normalized spacial score (nSPS) is 34.6. The maximum Gasteiger partial charge on any atom is 0.0490 e. The van der Waals surface area contributed by atoms with Gasteiger partial charge >= 0.3 is 0 Å². The Hall–Kier alpha value is -0.300. The van der Waals surface area contributed by atoms with Gasteiger partial charge in [-0.05, 0) is 55.8 Å². The summed E-state index contributed by atoms with van der Waals surface area (Å²) in [6, 6.07) is 0. The fourth-order valence-electron chi connectivity index (χ4n) is 3.92. The van der Waals surface area contributed by atoms with Crippen LogP contribution in [0.25, 0.3) is 0 Å². The maximum absolute atomic E-state index is 9.80. The van der Waals surface area contributed by atoms with Crippen molar-refractivity contribution in [3.8, 4) is 0 Å². The van der Waals surface area contributed by atoms with Crippen molar-refractivity contribution >= 4 is 0 Å². The first kappa shape index (κ1) is 12.2. The average molecular weight is 222 g/mol. The SMILES string of the molecule is C=C[C@H]1CC[C@H](C2(CO)CCCCC2)CC1. The highest BCUT2D eigenvalue weighted by molar-refractivity contribution is 4.93. The Balaban J connectivity index is 1.96. The molecule has 1 N–H and O–H groups in total. The lowest BCUT2D eigenvalue weighted by Crippen LogP contribution is -2.38.